The number of nitrogens with one attached hydrogen (secondary N) is 2. The molecule has 8 N–H and O–H groups in total. The summed E-state index contributed by atoms with van der Waals surface area (Å²) in [6.45, 7) is 5.25. The molecule has 0 aliphatic carbocycles. The van der Waals surface area contributed by atoms with Gasteiger partial charge in [-0.3, -0.25) is 19.2 Å². The summed E-state index contributed by atoms with van der Waals surface area (Å²) >= 11 is 0. The number of aliphatic hydroxyl groups is 1. The molecule has 0 bridgehead atoms. The standard InChI is InChI=1S/C20H35N5O7/c1-10(2)9-13(19(30)25-8-4-5-14(25)20(31)32)23-18(29)16(11(3)26)24-17(28)12(21)6-7-15(22)27/h10-14,16,26H,4-9,21H2,1-3H3,(H2,22,27)(H,23,29)(H,24,28)(H,31,32). The zero-order valence-electron chi connectivity index (χ0n) is 18.7. The average Bonchev–Trinajstić information content (AvgIpc) is 3.18. The zero-order chi connectivity index (χ0) is 24.6. The molecule has 1 heterocycles. The summed E-state index contributed by atoms with van der Waals surface area (Å²) < 4.78 is 0. The normalized spacial score (nSPS) is 19.7. The first-order chi connectivity index (χ1) is 14.8. The molecule has 0 aromatic carbocycles. The molecule has 32 heavy (non-hydrogen) atoms. The number of primary amides is 1. The van der Waals surface area contributed by atoms with Gasteiger partial charge in [0.1, 0.15) is 18.1 Å². The zero-order valence-corrected chi connectivity index (χ0v) is 18.7. The number of nitrogens with two attached hydrogens (primary N) is 2. The second kappa shape index (κ2) is 12.3. The quantitative estimate of drug-likeness (QED) is 0.194. The second-order valence-corrected chi connectivity index (χ2v) is 8.56. The SMILES string of the molecule is CC(C)CC(NC(=O)C(NC(=O)C(N)CCC(N)=O)C(C)O)C(=O)N1CCCC1C(=O)O. The van der Waals surface area contributed by atoms with Crippen LogP contribution in [0.15, 0.2) is 0 Å². The van der Waals surface area contributed by atoms with Crippen molar-refractivity contribution in [1.29, 1.82) is 0 Å². The molecule has 12 heteroatoms. The molecule has 5 unspecified atom stereocenters. The number of aliphatic hydroxyl groups excluding tert-OH is 1. The summed E-state index contributed by atoms with van der Waals surface area (Å²) in [7, 11) is 0. The van der Waals surface area contributed by atoms with Gasteiger partial charge in [0, 0.05) is 13.0 Å². The number of aliphatic carboxylic acids is 1. The molecule has 0 saturated carbocycles. The third kappa shape index (κ3) is 8.08. The topological polar surface area (TPSA) is 205 Å². The predicted molar refractivity (Wildman–Crippen MR) is 114 cm³/mol. The minimum atomic E-state index is -1.40. The lowest BCUT2D eigenvalue weighted by molar-refractivity contribution is -0.149. The Morgan fingerprint density at radius 1 is 1.09 bits per heavy atom. The largest absolute Gasteiger partial charge is 0.480 e. The fourth-order valence-electron chi connectivity index (χ4n) is 3.54. The van der Waals surface area contributed by atoms with Gasteiger partial charge in [0.2, 0.25) is 23.6 Å². The highest BCUT2D eigenvalue weighted by molar-refractivity contribution is 5.94. The number of rotatable bonds is 12. The van der Waals surface area contributed by atoms with E-state index in [0.29, 0.717) is 12.8 Å². The van der Waals surface area contributed by atoms with Crippen molar-refractivity contribution in [3.8, 4) is 0 Å². The Hall–Kier alpha value is -2.73. The Morgan fingerprint density at radius 3 is 2.22 bits per heavy atom. The van der Waals surface area contributed by atoms with Crippen LogP contribution in [0, 0.1) is 5.92 Å². The first-order valence-corrected chi connectivity index (χ1v) is 10.7. The van der Waals surface area contributed by atoms with Gasteiger partial charge in [0.05, 0.1) is 12.1 Å². The van der Waals surface area contributed by atoms with E-state index < -0.39 is 59.9 Å². The Bertz CT molecular complexity index is 712. The number of hydrogen-bond acceptors (Lipinski definition) is 7. The lowest BCUT2D eigenvalue weighted by Crippen LogP contribution is -2.60. The van der Waals surface area contributed by atoms with E-state index in [9.17, 15) is 34.2 Å². The first kappa shape index (κ1) is 27.3. The molecule has 0 aromatic rings. The first-order valence-electron chi connectivity index (χ1n) is 10.7. The van der Waals surface area contributed by atoms with Gasteiger partial charge in [-0.1, -0.05) is 13.8 Å². The maximum atomic E-state index is 13.0. The van der Waals surface area contributed by atoms with Gasteiger partial charge in [-0.05, 0) is 38.5 Å². The number of nitrogens with zero attached hydrogens (tertiary/aromatic N) is 1. The lowest BCUT2D eigenvalue weighted by Gasteiger charge is -2.30. The number of carboxylic acid groups (broad SMARTS) is 1. The van der Waals surface area contributed by atoms with Crippen molar-refractivity contribution in [2.45, 2.75) is 83.1 Å². The van der Waals surface area contributed by atoms with Crippen LogP contribution in [0.3, 0.4) is 0 Å². The molecular formula is C20H35N5O7. The van der Waals surface area contributed by atoms with Gasteiger partial charge in [-0.15, -0.1) is 0 Å². The number of carbonyl (C=O) groups is 5. The van der Waals surface area contributed by atoms with Crippen LogP contribution in [0.25, 0.3) is 0 Å². The van der Waals surface area contributed by atoms with E-state index in [4.69, 9.17) is 11.5 Å². The van der Waals surface area contributed by atoms with Crippen molar-refractivity contribution in [1.82, 2.24) is 15.5 Å². The highest BCUT2D eigenvalue weighted by Gasteiger charge is 2.39. The number of likely N-dealkylation sites (tertiary alicyclic amines) is 1. The number of hydrogen-bond donors (Lipinski definition) is 6. The highest BCUT2D eigenvalue weighted by atomic mass is 16.4. The van der Waals surface area contributed by atoms with Crippen LogP contribution in [-0.2, 0) is 24.0 Å². The molecular weight excluding hydrogens is 422 g/mol. The summed E-state index contributed by atoms with van der Waals surface area (Å²) in [5, 5.41) is 24.3. The third-order valence-electron chi connectivity index (χ3n) is 5.24. The highest BCUT2D eigenvalue weighted by Crippen LogP contribution is 2.20. The molecule has 5 atom stereocenters. The van der Waals surface area contributed by atoms with Gasteiger partial charge < -0.3 is 37.2 Å². The molecule has 0 radical (unpaired) electrons. The molecule has 4 amide bonds. The Balaban J connectivity index is 2.93. The van der Waals surface area contributed by atoms with Gasteiger partial charge in [0.15, 0.2) is 0 Å². The van der Waals surface area contributed by atoms with E-state index in [1.54, 1.807) is 0 Å². The number of carbonyl (C=O) groups excluding carboxylic acids is 4. The summed E-state index contributed by atoms with van der Waals surface area (Å²) in [4.78, 5) is 61.7. The Labute approximate surface area is 187 Å². The third-order valence-corrected chi connectivity index (χ3v) is 5.24. The van der Waals surface area contributed by atoms with Gasteiger partial charge in [-0.25, -0.2) is 4.79 Å². The van der Waals surface area contributed by atoms with Gasteiger partial charge in [0.25, 0.3) is 0 Å². The van der Waals surface area contributed by atoms with Crippen LogP contribution in [0.5, 0.6) is 0 Å². The van der Waals surface area contributed by atoms with Crippen molar-refractivity contribution in [3.05, 3.63) is 0 Å². The Morgan fingerprint density at radius 2 is 1.72 bits per heavy atom. The average molecular weight is 458 g/mol. The maximum Gasteiger partial charge on any atom is 0.326 e. The number of amides is 4. The molecule has 1 aliphatic rings. The van der Waals surface area contributed by atoms with Crippen LogP contribution < -0.4 is 22.1 Å². The van der Waals surface area contributed by atoms with Crippen LogP contribution >= 0.6 is 0 Å². The van der Waals surface area contributed by atoms with Crippen molar-refractivity contribution in [2.75, 3.05) is 6.54 Å². The van der Waals surface area contributed by atoms with E-state index in [0.717, 1.165) is 0 Å². The molecule has 1 fully saturated rings. The lowest BCUT2D eigenvalue weighted by atomic mass is 10.0. The van der Waals surface area contributed by atoms with Crippen molar-refractivity contribution >= 4 is 29.6 Å². The smallest absolute Gasteiger partial charge is 0.326 e. The minimum absolute atomic E-state index is 0.00283. The molecule has 1 saturated heterocycles. The molecule has 1 aliphatic heterocycles. The fraction of sp³-hybridized carbons (Fsp3) is 0.750. The van der Waals surface area contributed by atoms with Crippen LogP contribution in [0.4, 0.5) is 0 Å². The molecule has 0 aromatic heterocycles. The fourth-order valence-corrected chi connectivity index (χ4v) is 3.54. The monoisotopic (exact) mass is 457 g/mol. The van der Waals surface area contributed by atoms with E-state index in [1.165, 1.54) is 11.8 Å². The summed E-state index contributed by atoms with van der Waals surface area (Å²) in [6.07, 6.45) is -0.345. The van der Waals surface area contributed by atoms with E-state index in [-0.39, 0.29) is 31.7 Å². The van der Waals surface area contributed by atoms with Crippen LogP contribution in [-0.4, -0.2) is 81.5 Å². The summed E-state index contributed by atoms with van der Waals surface area (Å²) in [5.74, 6) is -3.83. The molecule has 1 rings (SSSR count). The molecule has 0 spiro atoms. The number of carboxylic acids is 1. The second-order valence-electron chi connectivity index (χ2n) is 8.56. The Kier molecular flexibility index (Phi) is 10.5. The van der Waals surface area contributed by atoms with E-state index >= 15 is 0 Å². The summed E-state index contributed by atoms with van der Waals surface area (Å²) in [6, 6.07) is -4.50. The van der Waals surface area contributed by atoms with Crippen LogP contribution in [0.1, 0.15) is 52.9 Å². The van der Waals surface area contributed by atoms with Gasteiger partial charge >= 0.3 is 5.97 Å². The van der Waals surface area contributed by atoms with Crippen molar-refractivity contribution in [2.24, 2.45) is 17.4 Å². The van der Waals surface area contributed by atoms with Gasteiger partial charge in [-0.2, -0.15) is 0 Å². The minimum Gasteiger partial charge on any atom is -0.480 e. The van der Waals surface area contributed by atoms with Crippen molar-refractivity contribution in [3.63, 3.8) is 0 Å². The molecule has 182 valence electrons. The summed E-state index contributed by atoms with van der Waals surface area (Å²) in [5.41, 5.74) is 10.7. The maximum absolute atomic E-state index is 13.0. The van der Waals surface area contributed by atoms with E-state index in [2.05, 4.69) is 10.6 Å². The van der Waals surface area contributed by atoms with Crippen LogP contribution in [0.2, 0.25) is 0 Å². The molecule has 12 nitrogen and oxygen atoms in total. The predicted octanol–water partition coefficient (Wildman–Crippen LogP) is -1.95. The van der Waals surface area contributed by atoms with E-state index in [1.807, 2.05) is 13.8 Å². The van der Waals surface area contributed by atoms with Crippen molar-refractivity contribution < 1.29 is 34.2 Å².